The Morgan fingerprint density at radius 3 is 2.55 bits per heavy atom. The number of hydrogen-bond acceptors (Lipinski definition) is 4. The van der Waals surface area contributed by atoms with Crippen LogP contribution < -0.4 is 5.32 Å². The number of nitrogens with one attached hydrogen (secondary N) is 1. The molecule has 166 valence electrons. The van der Waals surface area contributed by atoms with Crippen LogP contribution in [0.25, 0.3) is 21.7 Å². The lowest BCUT2D eigenvalue weighted by Crippen LogP contribution is -2.20. The molecule has 0 unspecified atom stereocenters. The quantitative estimate of drug-likeness (QED) is 0.456. The Morgan fingerprint density at radius 2 is 1.79 bits per heavy atom. The number of carbonyl (C=O) groups excluding carboxylic acids is 1. The molecule has 1 saturated heterocycles. The van der Waals surface area contributed by atoms with Crippen LogP contribution in [0.3, 0.4) is 0 Å². The maximum atomic E-state index is 13.1. The highest BCUT2D eigenvalue weighted by atomic mass is 32.2. The molecule has 1 amide bonds. The minimum absolute atomic E-state index is 0.0890. The van der Waals surface area contributed by atoms with Crippen molar-refractivity contribution in [2.24, 2.45) is 4.40 Å². The highest BCUT2D eigenvalue weighted by Crippen LogP contribution is 2.28. The summed E-state index contributed by atoms with van der Waals surface area (Å²) in [4.78, 5) is 19.5. The molecule has 7 nitrogen and oxygen atoms in total. The van der Waals surface area contributed by atoms with Crippen molar-refractivity contribution in [2.75, 3.05) is 18.9 Å². The summed E-state index contributed by atoms with van der Waals surface area (Å²) in [6, 6.07) is 19.5. The van der Waals surface area contributed by atoms with E-state index in [2.05, 4.69) is 14.7 Å². The molecule has 2 heterocycles. The topological polar surface area (TPSA) is 91.7 Å². The van der Waals surface area contributed by atoms with E-state index in [1.54, 1.807) is 18.3 Å². The Balaban J connectivity index is 1.43. The molecule has 1 fully saturated rings. The zero-order valence-electron chi connectivity index (χ0n) is 18.0. The van der Waals surface area contributed by atoms with Gasteiger partial charge in [-0.05, 0) is 53.6 Å². The normalized spacial score (nSPS) is 15.4. The van der Waals surface area contributed by atoms with E-state index < -0.39 is 10.0 Å². The lowest BCUT2D eigenvalue weighted by Gasteiger charge is -2.12. The molecule has 3 aromatic carbocycles. The van der Waals surface area contributed by atoms with Crippen LogP contribution in [0.1, 0.15) is 23.2 Å². The van der Waals surface area contributed by atoms with Gasteiger partial charge < -0.3 is 10.2 Å². The maximum absolute atomic E-state index is 13.1. The van der Waals surface area contributed by atoms with Gasteiger partial charge in [-0.2, -0.15) is 8.42 Å². The number of nitrogens with zero attached hydrogens (tertiary/aromatic N) is 3. The minimum atomic E-state index is -3.80. The van der Waals surface area contributed by atoms with E-state index in [4.69, 9.17) is 0 Å². The average molecular weight is 459 g/mol. The third-order valence-electron chi connectivity index (χ3n) is 5.83. The van der Waals surface area contributed by atoms with Crippen molar-refractivity contribution in [2.45, 2.75) is 17.7 Å². The number of hydrogen-bond donors (Lipinski definition) is 1. The van der Waals surface area contributed by atoms with Gasteiger partial charge in [-0.25, -0.2) is 0 Å². The van der Waals surface area contributed by atoms with Gasteiger partial charge in [0.25, 0.3) is 15.9 Å². The van der Waals surface area contributed by atoms with Crippen LogP contribution in [0.4, 0.5) is 5.69 Å². The van der Waals surface area contributed by atoms with E-state index in [0.29, 0.717) is 29.0 Å². The second-order valence-corrected chi connectivity index (χ2v) is 9.64. The van der Waals surface area contributed by atoms with Crippen LogP contribution in [0, 0.1) is 0 Å². The zero-order chi connectivity index (χ0) is 23.0. The number of benzene rings is 3. The van der Waals surface area contributed by atoms with Gasteiger partial charge in [-0.1, -0.05) is 30.3 Å². The number of anilines is 1. The Hall–Kier alpha value is -3.78. The van der Waals surface area contributed by atoms with E-state index in [0.717, 1.165) is 29.1 Å². The molecule has 0 saturated carbocycles. The van der Waals surface area contributed by atoms with E-state index in [1.807, 2.05) is 54.4 Å². The first-order valence-corrected chi connectivity index (χ1v) is 12.1. The number of amides is 1. The van der Waals surface area contributed by atoms with Gasteiger partial charge in [0.05, 0.1) is 16.0 Å². The summed E-state index contributed by atoms with van der Waals surface area (Å²) >= 11 is 0. The van der Waals surface area contributed by atoms with E-state index in [9.17, 15) is 13.2 Å². The average Bonchev–Trinajstić information content (AvgIpc) is 3.22. The van der Waals surface area contributed by atoms with Crippen molar-refractivity contribution < 1.29 is 13.2 Å². The molecule has 5 rings (SSSR count). The predicted molar refractivity (Wildman–Crippen MR) is 130 cm³/mol. The number of amidine groups is 1. The number of aromatic nitrogens is 1. The van der Waals surface area contributed by atoms with E-state index in [1.165, 1.54) is 12.1 Å². The van der Waals surface area contributed by atoms with Gasteiger partial charge >= 0.3 is 0 Å². The lowest BCUT2D eigenvalue weighted by atomic mass is 10.0. The standard InChI is InChI=1S/C25H22N4O3S/c1-29-15-5-9-23(29)28-33(31,32)19-12-10-18(11-13-19)27-25(30)22-16-17-6-2-3-7-20(17)21-8-4-14-26-24(21)22/h2-4,6-8,10-14,16H,5,9,15H2,1H3,(H,27,30)/b28-23+. The first-order chi connectivity index (χ1) is 15.9. The number of likely N-dealkylation sites (tertiary alicyclic amines) is 1. The summed E-state index contributed by atoms with van der Waals surface area (Å²) in [7, 11) is -1.96. The molecule has 1 aromatic heterocycles. The second-order valence-electron chi connectivity index (χ2n) is 8.03. The minimum Gasteiger partial charge on any atom is -0.362 e. The van der Waals surface area contributed by atoms with Crippen LogP contribution in [-0.4, -0.2) is 43.6 Å². The molecule has 1 N–H and O–H groups in total. The first-order valence-electron chi connectivity index (χ1n) is 10.7. The molecular formula is C25H22N4O3S. The highest BCUT2D eigenvalue weighted by molar-refractivity contribution is 7.90. The zero-order valence-corrected chi connectivity index (χ0v) is 18.8. The Labute approximate surface area is 191 Å². The van der Waals surface area contributed by atoms with Gasteiger partial charge in [-0.15, -0.1) is 4.40 Å². The van der Waals surface area contributed by atoms with E-state index >= 15 is 0 Å². The molecule has 4 aromatic rings. The van der Waals surface area contributed by atoms with Crippen LogP contribution >= 0.6 is 0 Å². The molecule has 0 atom stereocenters. The van der Waals surface area contributed by atoms with Crippen LogP contribution in [0.2, 0.25) is 0 Å². The van der Waals surface area contributed by atoms with Gasteiger partial charge in [0.15, 0.2) is 0 Å². The molecular weight excluding hydrogens is 436 g/mol. The van der Waals surface area contributed by atoms with Gasteiger partial charge in [0.2, 0.25) is 0 Å². The molecule has 33 heavy (non-hydrogen) atoms. The van der Waals surface area contributed by atoms with Crippen molar-refractivity contribution in [1.29, 1.82) is 0 Å². The first kappa shape index (κ1) is 21.1. The van der Waals surface area contributed by atoms with Crippen molar-refractivity contribution >= 4 is 49.1 Å². The van der Waals surface area contributed by atoms with Crippen LogP contribution in [0.5, 0.6) is 0 Å². The fourth-order valence-corrected chi connectivity index (χ4v) is 5.21. The van der Waals surface area contributed by atoms with Crippen molar-refractivity contribution in [3.63, 3.8) is 0 Å². The molecule has 0 radical (unpaired) electrons. The van der Waals surface area contributed by atoms with Crippen molar-refractivity contribution in [3.05, 3.63) is 78.5 Å². The Kier molecular flexibility index (Phi) is 5.30. The monoisotopic (exact) mass is 458 g/mol. The smallest absolute Gasteiger partial charge is 0.283 e. The number of rotatable bonds is 4. The molecule has 0 bridgehead atoms. The lowest BCUT2D eigenvalue weighted by molar-refractivity contribution is 0.102. The summed E-state index contributed by atoms with van der Waals surface area (Å²) < 4.78 is 29.3. The Bertz CT molecular complexity index is 1510. The van der Waals surface area contributed by atoms with Gasteiger partial charge in [0.1, 0.15) is 5.84 Å². The molecule has 8 heteroatoms. The van der Waals surface area contributed by atoms with Crippen LogP contribution in [0.15, 0.2) is 82.2 Å². The van der Waals surface area contributed by atoms with Crippen molar-refractivity contribution in [1.82, 2.24) is 9.88 Å². The fourth-order valence-electron chi connectivity index (χ4n) is 4.11. The van der Waals surface area contributed by atoms with E-state index in [-0.39, 0.29) is 10.8 Å². The summed E-state index contributed by atoms with van der Waals surface area (Å²) in [5.41, 5.74) is 1.56. The summed E-state index contributed by atoms with van der Waals surface area (Å²) in [5.74, 6) is 0.260. The second kappa shape index (κ2) is 8.29. The number of pyridine rings is 1. The molecule has 0 aliphatic carbocycles. The summed E-state index contributed by atoms with van der Waals surface area (Å²) in [5, 5.41) is 5.73. The molecule has 1 aliphatic rings. The van der Waals surface area contributed by atoms with Gasteiger partial charge in [0, 0.05) is 37.3 Å². The number of sulfonamides is 1. The Morgan fingerprint density at radius 1 is 1.03 bits per heavy atom. The SMILES string of the molecule is CN1CCC/C1=N\S(=O)(=O)c1ccc(NC(=O)c2cc3ccccc3c3cccnc23)cc1. The fraction of sp³-hybridized carbons (Fsp3) is 0.160. The molecule has 0 spiro atoms. The van der Waals surface area contributed by atoms with Crippen molar-refractivity contribution in [3.8, 4) is 0 Å². The summed E-state index contributed by atoms with van der Waals surface area (Å²) in [6.07, 6.45) is 3.21. The third kappa shape index (κ3) is 4.05. The van der Waals surface area contributed by atoms with Gasteiger partial charge in [-0.3, -0.25) is 9.78 Å². The number of fused-ring (bicyclic) bond motifs is 3. The highest BCUT2D eigenvalue weighted by Gasteiger charge is 2.20. The van der Waals surface area contributed by atoms with Crippen LogP contribution in [-0.2, 0) is 10.0 Å². The predicted octanol–water partition coefficient (Wildman–Crippen LogP) is 4.45. The largest absolute Gasteiger partial charge is 0.362 e. The molecule has 1 aliphatic heterocycles. The third-order valence-corrected chi connectivity index (χ3v) is 7.15. The summed E-state index contributed by atoms with van der Waals surface area (Å²) in [6.45, 7) is 0.803. The maximum Gasteiger partial charge on any atom is 0.283 e. The number of carbonyl (C=O) groups is 1.